The molecule has 136 valence electrons. The van der Waals surface area contributed by atoms with Crippen LogP contribution in [0.15, 0.2) is 36.4 Å². The number of methoxy groups -OCH3 is 1. The molecule has 0 unspecified atom stereocenters. The van der Waals surface area contributed by atoms with Gasteiger partial charge < -0.3 is 29.4 Å². The quantitative estimate of drug-likeness (QED) is 0.790. The Balaban J connectivity index is 1.64. The van der Waals surface area contributed by atoms with Gasteiger partial charge in [-0.3, -0.25) is 4.79 Å². The van der Waals surface area contributed by atoms with Gasteiger partial charge in [0.15, 0.2) is 17.6 Å². The fourth-order valence-corrected chi connectivity index (χ4v) is 2.30. The van der Waals surface area contributed by atoms with Crippen molar-refractivity contribution in [1.82, 2.24) is 0 Å². The number of anilines is 1. The van der Waals surface area contributed by atoms with Crippen LogP contribution in [0, 0.1) is 0 Å². The van der Waals surface area contributed by atoms with Crippen LogP contribution in [0.3, 0.4) is 0 Å². The van der Waals surface area contributed by atoms with E-state index in [-0.39, 0.29) is 18.1 Å². The molecule has 1 aliphatic heterocycles. The van der Waals surface area contributed by atoms with Crippen LogP contribution in [0.2, 0.25) is 0 Å². The van der Waals surface area contributed by atoms with Crippen molar-refractivity contribution in [1.29, 1.82) is 0 Å². The smallest absolute Gasteiger partial charge is 0.342 e. The highest BCUT2D eigenvalue weighted by Crippen LogP contribution is 2.34. The summed E-state index contributed by atoms with van der Waals surface area (Å²) in [7, 11) is 1.43. The second kappa shape index (κ2) is 7.22. The molecule has 1 heterocycles. The molecule has 0 saturated heterocycles. The molecular formula is C18H17NO7. The van der Waals surface area contributed by atoms with Crippen LogP contribution in [0.4, 0.5) is 5.69 Å². The molecule has 26 heavy (non-hydrogen) atoms. The number of ether oxygens (including phenoxy) is 4. The molecule has 1 amide bonds. The number of aromatic hydroxyl groups is 1. The SMILES string of the molecule is COc1ccc(O)c(C(=O)O[C@@H](C)C(=O)Nc2ccc3c(c2)OCO3)c1. The Morgan fingerprint density at radius 1 is 1.15 bits per heavy atom. The molecule has 2 aromatic carbocycles. The second-order valence-corrected chi connectivity index (χ2v) is 5.49. The number of hydrogen-bond donors (Lipinski definition) is 2. The minimum Gasteiger partial charge on any atom is -0.507 e. The van der Waals surface area contributed by atoms with Crippen molar-refractivity contribution < 1.29 is 33.6 Å². The highest BCUT2D eigenvalue weighted by Gasteiger charge is 2.22. The number of hydrogen-bond acceptors (Lipinski definition) is 7. The van der Waals surface area contributed by atoms with Gasteiger partial charge in [0.25, 0.3) is 5.91 Å². The second-order valence-electron chi connectivity index (χ2n) is 5.49. The lowest BCUT2D eigenvalue weighted by Gasteiger charge is -2.14. The van der Waals surface area contributed by atoms with Crippen LogP contribution < -0.4 is 19.5 Å². The number of phenols is 1. The lowest BCUT2D eigenvalue weighted by molar-refractivity contribution is -0.123. The number of phenolic OH excluding ortho intramolecular Hbond substituents is 1. The van der Waals surface area contributed by atoms with Gasteiger partial charge >= 0.3 is 5.97 Å². The van der Waals surface area contributed by atoms with Crippen molar-refractivity contribution >= 4 is 17.6 Å². The van der Waals surface area contributed by atoms with Gasteiger partial charge in [-0.05, 0) is 37.3 Å². The molecule has 1 atom stereocenters. The van der Waals surface area contributed by atoms with Crippen molar-refractivity contribution in [3.63, 3.8) is 0 Å². The molecule has 0 bridgehead atoms. The number of amides is 1. The standard InChI is InChI=1S/C18H17NO7/c1-10(26-18(22)13-8-12(23-2)4-5-14(13)20)17(21)19-11-3-6-15-16(7-11)25-9-24-15/h3-8,10,20H,9H2,1-2H3,(H,19,21)/t10-/m0/s1. The number of rotatable bonds is 5. The van der Waals surface area contributed by atoms with Crippen molar-refractivity contribution in [2.24, 2.45) is 0 Å². The van der Waals surface area contributed by atoms with E-state index in [0.29, 0.717) is 22.9 Å². The lowest BCUT2D eigenvalue weighted by atomic mass is 10.2. The van der Waals surface area contributed by atoms with Gasteiger partial charge in [-0.15, -0.1) is 0 Å². The van der Waals surface area contributed by atoms with E-state index in [0.717, 1.165) is 0 Å². The van der Waals surface area contributed by atoms with E-state index < -0.39 is 18.0 Å². The molecule has 0 radical (unpaired) electrons. The maximum atomic E-state index is 12.2. The minimum atomic E-state index is -1.08. The van der Waals surface area contributed by atoms with E-state index in [9.17, 15) is 14.7 Å². The Labute approximate surface area is 149 Å². The number of nitrogens with one attached hydrogen (secondary N) is 1. The predicted octanol–water partition coefficient (Wildman–Crippen LogP) is 2.31. The number of benzene rings is 2. The average Bonchev–Trinajstić information content (AvgIpc) is 3.09. The van der Waals surface area contributed by atoms with E-state index in [2.05, 4.69) is 5.32 Å². The van der Waals surface area contributed by atoms with Gasteiger partial charge in [-0.2, -0.15) is 0 Å². The normalized spacial score (nSPS) is 13.0. The van der Waals surface area contributed by atoms with Crippen LogP contribution >= 0.6 is 0 Å². The Morgan fingerprint density at radius 2 is 1.92 bits per heavy atom. The van der Waals surface area contributed by atoms with Crippen molar-refractivity contribution in [3.05, 3.63) is 42.0 Å². The number of esters is 1. The van der Waals surface area contributed by atoms with E-state index in [1.54, 1.807) is 18.2 Å². The largest absolute Gasteiger partial charge is 0.507 e. The summed E-state index contributed by atoms with van der Waals surface area (Å²) in [5.41, 5.74) is 0.387. The van der Waals surface area contributed by atoms with Crippen LogP contribution in [-0.2, 0) is 9.53 Å². The maximum absolute atomic E-state index is 12.2. The summed E-state index contributed by atoms with van der Waals surface area (Å²) in [6, 6.07) is 9.08. The van der Waals surface area contributed by atoms with Gasteiger partial charge in [-0.25, -0.2) is 4.79 Å². The van der Waals surface area contributed by atoms with Gasteiger partial charge in [0.1, 0.15) is 17.1 Å². The molecule has 1 aliphatic rings. The maximum Gasteiger partial charge on any atom is 0.342 e. The highest BCUT2D eigenvalue weighted by atomic mass is 16.7. The third-order valence-corrected chi connectivity index (χ3v) is 3.72. The minimum absolute atomic E-state index is 0.0907. The number of carbonyl (C=O) groups is 2. The topological polar surface area (TPSA) is 103 Å². The molecule has 0 saturated carbocycles. The van der Waals surface area contributed by atoms with Gasteiger partial charge in [-0.1, -0.05) is 0 Å². The molecule has 2 aromatic rings. The van der Waals surface area contributed by atoms with E-state index in [1.807, 2.05) is 0 Å². The Morgan fingerprint density at radius 3 is 2.69 bits per heavy atom. The van der Waals surface area contributed by atoms with E-state index >= 15 is 0 Å². The van der Waals surface area contributed by atoms with Gasteiger partial charge in [0.05, 0.1) is 7.11 Å². The number of fused-ring (bicyclic) bond motifs is 1. The van der Waals surface area contributed by atoms with Crippen molar-refractivity contribution in [2.45, 2.75) is 13.0 Å². The molecule has 3 rings (SSSR count). The van der Waals surface area contributed by atoms with Gasteiger partial charge in [0, 0.05) is 11.8 Å². The fourth-order valence-electron chi connectivity index (χ4n) is 2.30. The van der Waals surface area contributed by atoms with E-state index in [4.69, 9.17) is 18.9 Å². The zero-order chi connectivity index (χ0) is 18.7. The van der Waals surface area contributed by atoms with Crippen molar-refractivity contribution in [2.75, 3.05) is 19.2 Å². The van der Waals surface area contributed by atoms with Crippen LogP contribution in [0.5, 0.6) is 23.0 Å². The van der Waals surface area contributed by atoms with Gasteiger partial charge in [0.2, 0.25) is 6.79 Å². The summed E-state index contributed by atoms with van der Waals surface area (Å²) >= 11 is 0. The molecule has 0 aromatic heterocycles. The molecular weight excluding hydrogens is 342 g/mol. The first kappa shape index (κ1) is 17.4. The highest BCUT2D eigenvalue weighted by molar-refractivity contribution is 5.98. The van der Waals surface area contributed by atoms with Crippen molar-refractivity contribution in [3.8, 4) is 23.0 Å². The molecule has 0 fully saturated rings. The van der Waals surface area contributed by atoms with Crippen LogP contribution in [0.25, 0.3) is 0 Å². The summed E-state index contributed by atoms with van der Waals surface area (Å²) in [6.07, 6.45) is -1.08. The zero-order valence-electron chi connectivity index (χ0n) is 14.1. The third-order valence-electron chi connectivity index (χ3n) is 3.72. The summed E-state index contributed by atoms with van der Waals surface area (Å²) in [5, 5.41) is 12.4. The summed E-state index contributed by atoms with van der Waals surface area (Å²) < 4.78 is 20.6. The lowest BCUT2D eigenvalue weighted by Crippen LogP contribution is -2.30. The Bertz CT molecular complexity index is 849. The molecule has 8 heteroatoms. The first-order valence-corrected chi connectivity index (χ1v) is 7.76. The van der Waals surface area contributed by atoms with Crippen LogP contribution in [-0.4, -0.2) is 37.0 Å². The predicted molar refractivity (Wildman–Crippen MR) is 90.7 cm³/mol. The monoisotopic (exact) mass is 359 g/mol. The summed E-state index contributed by atoms with van der Waals surface area (Å²) in [6.45, 7) is 1.56. The Hall–Kier alpha value is -3.42. The molecule has 8 nitrogen and oxygen atoms in total. The first-order valence-electron chi connectivity index (χ1n) is 7.76. The first-order chi connectivity index (χ1) is 12.5. The molecule has 0 aliphatic carbocycles. The summed E-state index contributed by atoms with van der Waals surface area (Å²) in [5.74, 6) is -0.134. The molecule has 0 spiro atoms. The van der Waals surface area contributed by atoms with E-state index in [1.165, 1.54) is 32.2 Å². The number of carbonyl (C=O) groups excluding carboxylic acids is 2. The summed E-state index contributed by atoms with van der Waals surface area (Å²) in [4.78, 5) is 24.4. The fraction of sp³-hybridized carbons (Fsp3) is 0.222. The Kier molecular flexibility index (Phi) is 4.83. The van der Waals surface area contributed by atoms with Crippen LogP contribution in [0.1, 0.15) is 17.3 Å². The third kappa shape index (κ3) is 3.64. The zero-order valence-corrected chi connectivity index (χ0v) is 14.1. The molecule has 2 N–H and O–H groups in total. The average molecular weight is 359 g/mol.